The van der Waals surface area contributed by atoms with Gasteiger partial charge in [-0.15, -0.1) is 11.3 Å². The molecule has 2 N–H and O–H groups in total. The number of nitrogens with zero attached hydrogens (tertiary/aromatic N) is 3. The smallest absolute Gasteiger partial charge is 0.219 e. The summed E-state index contributed by atoms with van der Waals surface area (Å²) in [5, 5.41) is 0. The predicted molar refractivity (Wildman–Crippen MR) is 107 cm³/mol. The Bertz CT molecular complexity index is 940. The normalized spacial score (nSPS) is 14.3. The third-order valence-corrected chi connectivity index (χ3v) is 5.61. The molecule has 0 saturated carbocycles. The molecule has 0 spiro atoms. The van der Waals surface area contributed by atoms with Crippen LogP contribution in [0, 0.1) is 6.92 Å². The number of aromatic nitrogens is 2. The number of ether oxygens (including phenoxy) is 2. The van der Waals surface area contributed by atoms with E-state index in [2.05, 4.69) is 46.1 Å². The van der Waals surface area contributed by atoms with E-state index in [1.54, 1.807) is 30.8 Å². The highest BCUT2D eigenvalue weighted by Gasteiger charge is 2.21. The zero-order chi connectivity index (χ0) is 18.8. The molecule has 0 unspecified atom stereocenters. The van der Waals surface area contributed by atoms with Crippen molar-refractivity contribution in [2.45, 2.75) is 20.0 Å². The van der Waals surface area contributed by atoms with E-state index in [0.29, 0.717) is 12.6 Å². The van der Waals surface area contributed by atoms with Crippen LogP contribution < -0.4 is 15.2 Å². The van der Waals surface area contributed by atoms with Gasteiger partial charge in [0.05, 0.1) is 7.11 Å². The Balaban J connectivity index is 1.64. The number of aryl methyl sites for hydroxylation is 1. The lowest BCUT2D eigenvalue weighted by Crippen LogP contribution is -2.25. The molecular formula is C20H22N4O2S. The maximum absolute atomic E-state index is 6.04. The van der Waals surface area contributed by atoms with Gasteiger partial charge in [0.25, 0.3) is 0 Å². The molecule has 0 radical (unpaired) electrons. The minimum Gasteiger partial charge on any atom is -0.493 e. The number of fused-ring (bicyclic) bond motifs is 1. The molecule has 1 aromatic carbocycles. The van der Waals surface area contributed by atoms with Gasteiger partial charge in [0, 0.05) is 52.9 Å². The Labute approximate surface area is 162 Å². The first kappa shape index (κ1) is 17.8. The number of nitrogen functional groups attached to an aromatic ring is 1. The minimum absolute atomic E-state index is 0.295. The second-order valence-corrected chi connectivity index (χ2v) is 7.87. The highest BCUT2D eigenvalue weighted by molar-refractivity contribution is 7.15. The molecule has 1 aliphatic rings. The van der Waals surface area contributed by atoms with Crippen LogP contribution in [0.5, 0.6) is 11.5 Å². The first-order valence-corrected chi connectivity index (χ1v) is 9.63. The van der Waals surface area contributed by atoms with Crippen molar-refractivity contribution in [3.63, 3.8) is 0 Å². The highest BCUT2D eigenvalue weighted by atomic mass is 32.1. The van der Waals surface area contributed by atoms with Gasteiger partial charge < -0.3 is 15.2 Å². The molecule has 3 heterocycles. The molecule has 0 aliphatic carbocycles. The fourth-order valence-electron chi connectivity index (χ4n) is 3.26. The summed E-state index contributed by atoms with van der Waals surface area (Å²) >= 11 is 1.78. The number of benzene rings is 1. The standard InChI is InChI=1S/C20H22N4O2S/c1-13-3-4-18(27-13)15-7-16-12-24(11-14-9-22-20(21)23-10-14)5-6-26-19(16)17(8-15)25-2/h3-4,7-10H,5-6,11-12H2,1-2H3,(H2,21,22,23). The maximum Gasteiger partial charge on any atom is 0.219 e. The van der Waals surface area contributed by atoms with Crippen LogP contribution in [0.1, 0.15) is 16.0 Å². The average molecular weight is 382 g/mol. The van der Waals surface area contributed by atoms with E-state index < -0.39 is 0 Å². The van der Waals surface area contributed by atoms with Gasteiger partial charge in [0.15, 0.2) is 11.5 Å². The highest BCUT2D eigenvalue weighted by Crippen LogP contribution is 2.40. The SMILES string of the molecule is COc1cc(-c2ccc(C)s2)cc2c1OCCN(Cc1cnc(N)nc1)C2. The number of nitrogens with two attached hydrogens (primary N) is 1. The fraction of sp³-hybridized carbons (Fsp3) is 0.300. The van der Waals surface area contributed by atoms with Gasteiger partial charge in [0.1, 0.15) is 6.61 Å². The summed E-state index contributed by atoms with van der Waals surface area (Å²) in [5.41, 5.74) is 8.90. The van der Waals surface area contributed by atoms with Crippen LogP contribution in [0.4, 0.5) is 5.95 Å². The van der Waals surface area contributed by atoms with Crippen LogP contribution in [-0.2, 0) is 13.1 Å². The molecule has 1 aliphatic heterocycles. The average Bonchev–Trinajstić information content (AvgIpc) is 3.00. The summed E-state index contributed by atoms with van der Waals surface area (Å²) in [6.45, 7) is 5.06. The minimum atomic E-state index is 0.295. The van der Waals surface area contributed by atoms with Crippen LogP contribution in [0.2, 0.25) is 0 Å². The Morgan fingerprint density at radius 1 is 1.26 bits per heavy atom. The van der Waals surface area contributed by atoms with E-state index in [0.717, 1.165) is 47.8 Å². The number of hydrogen-bond donors (Lipinski definition) is 1. The van der Waals surface area contributed by atoms with Gasteiger partial charge in [-0.1, -0.05) is 0 Å². The van der Waals surface area contributed by atoms with Gasteiger partial charge in [-0.3, -0.25) is 4.90 Å². The third kappa shape index (κ3) is 3.89. The monoisotopic (exact) mass is 382 g/mol. The summed E-state index contributed by atoms with van der Waals surface area (Å²) < 4.78 is 11.7. The van der Waals surface area contributed by atoms with Crippen molar-refractivity contribution in [1.29, 1.82) is 0 Å². The van der Waals surface area contributed by atoms with Crippen molar-refractivity contribution in [1.82, 2.24) is 14.9 Å². The van der Waals surface area contributed by atoms with Crippen LogP contribution in [0.25, 0.3) is 10.4 Å². The molecule has 4 rings (SSSR count). The predicted octanol–water partition coefficient (Wildman–Crippen LogP) is 3.50. The Kier molecular flexibility index (Phi) is 4.96. The summed E-state index contributed by atoms with van der Waals surface area (Å²) in [4.78, 5) is 13.0. The van der Waals surface area contributed by atoms with Crippen molar-refractivity contribution in [3.05, 3.63) is 52.7 Å². The molecular weight excluding hydrogens is 360 g/mol. The third-order valence-electron chi connectivity index (χ3n) is 4.56. The van der Waals surface area contributed by atoms with Crippen molar-refractivity contribution in [3.8, 4) is 21.9 Å². The lowest BCUT2D eigenvalue weighted by Gasteiger charge is -2.19. The van der Waals surface area contributed by atoms with Crippen LogP contribution in [0.3, 0.4) is 0 Å². The Morgan fingerprint density at radius 2 is 2.07 bits per heavy atom. The lowest BCUT2D eigenvalue weighted by molar-refractivity contribution is 0.216. The summed E-state index contributed by atoms with van der Waals surface area (Å²) in [7, 11) is 1.69. The molecule has 3 aromatic rings. The molecule has 6 nitrogen and oxygen atoms in total. The largest absolute Gasteiger partial charge is 0.493 e. The second kappa shape index (κ2) is 7.54. The van der Waals surface area contributed by atoms with Crippen molar-refractivity contribution in [2.24, 2.45) is 0 Å². The van der Waals surface area contributed by atoms with Gasteiger partial charge in [-0.2, -0.15) is 0 Å². The first-order chi connectivity index (χ1) is 13.1. The van der Waals surface area contributed by atoms with Crippen LogP contribution in [-0.4, -0.2) is 35.1 Å². The molecule has 0 saturated heterocycles. The number of rotatable bonds is 4. The Morgan fingerprint density at radius 3 is 2.78 bits per heavy atom. The number of methoxy groups -OCH3 is 1. The molecule has 0 fully saturated rings. The summed E-state index contributed by atoms with van der Waals surface area (Å²) in [5.74, 6) is 1.92. The molecule has 2 aromatic heterocycles. The van der Waals surface area contributed by atoms with E-state index in [-0.39, 0.29) is 0 Å². The van der Waals surface area contributed by atoms with Crippen molar-refractivity contribution in [2.75, 3.05) is 26.0 Å². The van der Waals surface area contributed by atoms with Crippen molar-refractivity contribution >= 4 is 17.3 Å². The molecule has 0 bridgehead atoms. The maximum atomic E-state index is 6.04. The number of thiophene rings is 1. The van der Waals surface area contributed by atoms with Gasteiger partial charge in [-0.25, -0.2) is 9.97 Å². The van der Waals surface area contributed by atoms with E-state index >= 15 is 0 Å². The summed E-state index contributed by atoms with van der Waals surface area (Å²) in [6.07, 6.45) is 3.56. The van der Waals surface area contributed by atoms with E-state index in [9.17, 15) is 0 Å². The molecule has 0 amide bonds. The lowest BCUT2D eigenvalue weighted by atomic mass is 10.1. The topological polar surface area (TPSA) is 73.5 Å². The van der Waals surface area contributed by atoms with Gasteiger partial charge in [0.2, 0.25) is 5.95 Å². The van der Waals surface area contributed by atoms with Gasteiger partial charge in [-0.05, 0) is 36.8 Å². The molecule has 140 valence electrons. The number of hydrogen-bond acceptors (Lipinski definition) is 7. The fourth-order valence-corrected chi connectivity index (χ4v) is 4.12. The van der Waals surface area contributed by atoms with Crippen molar-refractivity contribution < 1.29 is 9.47 Å². The zero-order valence-corrected chi connectivity index (χ0v) is 16.3. The van der Waals surface area contributed by atoms with Crippen LogP contribution in [0.15, 0.2) is 36.7 Å². The molecule has 7 heteroatoms. The zero-order valence-electron chi connectivity index (χ0n) is 15.4. The van der Waals surface area contributed by atoms with E-state index in [1.807, 2.05) is 0 Å². The molecule has 0 atom stereocenters. The quantitative estimate of drug-likeness (QED) is 0.744. The summed E-state index contributed by atoms with van der Waals surface area (Å²) in [6, 6.07) is 8.57. The van der Waals surface area contributed by atoms with Crippen LogP contribution >= 0.6 is 11.3 Å². The first-order valence-electron chi connectivity index (χ1n) is 8.81. The van der Waals surface area contributed by atoms with E-state index in [4.69, 9.17) is 15.2 Å². The van der Waals surface area contributed by atoms with E-state index in [1.165, 1.54) is 9.75 Å². The second-order valence-electron chi connectivity index (χ2n) is 6.59. The van der Waals surface area contributed by atoms with Gasteiger partial charge >= 0.3 is 0 Å². The number of anilines is 1. The molecule has 27 heavy (non-hydrogen) atoms. The Hall–Kier alpha value is -2.64.